The molecule has 1 atom stereocenters. The molecule has 0 radical (unpaired) electrons. The maximum absolute atomic E-state index is 13.6. The van der Waals surface area contributed by atoms with Crippen LogP contribution < -0.4 is 0 Å². The molecule has 4 saturated carbocycles. The molecule has 0 saturated heterocycles. The zero-order valence-electron chi connectivity index (χ0n) is 14.5. The SMILES string of the molecule is O=C(CC1c2ccccc2-c2cncn21)C12CC3C[C@H](C1)C[C@H](C3)C2. The molecular formula is C22H24N2O. The molecule has 128 valence electrons. The van der Waals surface area contributed by atoms with Crippen LogP contribution in [-0.2, 0) is 4.79 Å². The summed E-state index contributed by atoms with van der Waals surface area (Å²) < 4.78 is 2.23. The molecule has 3 nitrogen and oxygen atoms in total. The fourth-order valence-electron chi connectivity index (χ4n) is 6.98. The first-order chi connectivity index (χ1) is 12.2. The van der Waals surface area contributed by atoms with Crippen LogP contribution in [0.4, 0.5) is 0 Å². The van der Waals surface area contributed by atoms with E-state index in [9.17, 15) is 4.79 Å². The number of aromatic nitrogens is 2. The maximum atomic E-state index is 13.6. The second kappa shape index (κ2) is 4.84. The minimum Gasteiger partial charge on any atom is -0.323 e. The summed E-state index contributed by atoms with van der Waals surface area (Å²) in [6.07, 6.45) is 12.2. The molecule has 0 amide bonds. The summed E-state index contributed by atoms with van der Waals surface area (Å²) in [4.78, 5) is 17.9. The summed E-state index contributed by atoms with van der Waals surface area (Å²) in [6, 6.07) is 8.69. The van der Waals surface area contributed by atoms with Crippen molar-refractivity contribution in [3.63, 3.8) is 0 Å². The number of hydrogen-bond donors (Lipinski definition) is 0. The van der Waals surface area contributed by atoms with Gasteiger partial charge in [0.15, 0.2) is 0 Å². The summed E-state index contributed by atoms with van der Waals surface area (Å²) in [5.41, 5.74) is 3.73. The summed E-state index contributed by atoms with van der Waals surface area (Å²) in [5.74, 6) is 3.02. The molecule has 2 aromatic rings. The van der Waals surface area contributed by atoms with Crippen LogP contribution in [0.15, 0.2) is 36.8 Å². The Morgan fingerprint density at radius 2 is 1.76 bits per heavy atom. The van der Waals surface area contributed by atoms with Crippen molar-refractivity contribution in [1.29, 1.82) is 0 Å². The molecular weight excluding hydrogens is 308 g/mol. The predicted octanol–water partition coefficient (Wildman–Crippen LogP) is 4.63. The van der Waals surface area contributed by atoms with Gasteiger partial charge in [-0.15, -0.1) is 0 Å². The van der Waals surface area contributed by atoms with E-state index in [1.807, 2.05) is 12.5 Å². The van der Waals surface area contributed by atoms with Gasteiger partial charge in [-0.05, 0) is 61.8 Å². The minimum absolute atomic E-state index is 0.00697. The van der Waals surface area contributed by atoms with E-state index in [0.29, 0.717) is 12.2 Å². The van der Waals surface area contributed by atoms with E-state index >= 15 is 0 Å². The van der Waals surface area contributed by atoms with Gasteiger partial charge in [-0.25, -0.2) is 4.98 Å². The van der Waals surface area contributed by atoms with Crippen molar-refractivity contribution in [3.05, 3.63) is 42.4 Å². The Kier molecular flexibility index (Phi) is 2.76. The number of fused-ring (bicyclic) bond motifs is 3. The van der Waals surface area contributed by atoms with Gasteiger partial charge < -0.3 is 4.57 Å². The lowest BCUT2D eigenvalue weighted by Crippen LogP contribution is -2.50. The van der Waals surface area contributed by atoms with E-state index in [0.717, 1.165) is 17.8 Å². The zero-order chi connectivity index (χ0) is 16.6. The van der Waals surface area contributed by atoms with Crippen molar-refractivity contribution in [3.8, 4) is 11.3 Å². The molecule has 4 fully saturated rings. The average Bonchev–Trinajstić information content (AvgIpc) is 3.17. The fourth-order valence-corrected chi connectivity index (χ4v) is 6.98. The highest BCUT2D eigenvalue weighted by Gasteiger charge is 2.54. The first-order valence-electron chi connectivity index (χ1n) is 9.86. The Balaban J connectivity index is 1.34. The molecule has 0 spiro atoms. The second-order valence-electron chi connectivity index (χ2n) is 9.11. The lowest BCUT2D eigenvalue weighted by molar-refractivity contribution is -0.144. The maximum Gasteiger partial charge on any atom is 0.141 e. The zero-order valence-corrected chi connectivity index (χ0v) is 14.5. The van der Waals surface area contributed by atoms with Gasteiger partial charge in [0.1, 0.15) is 5.78 Å². The normalized spacial score (nSPS) is 37.1. The van der Waals surface area contributed by atoms with Crippen LogP contribution in [0.1, 0.15) is 56.6 Å². The van der Waals surface area contributed by atoms with Gasteiger partial charge in [0.25, 0.3) is 0 Å². The summed E-state index contributed by atoms with van der Waals surface area (Å²) in [5, 5.41) is 0. The Hall–Kier alpha value is -1.90. The molecule has 0 N–H and O–H groups in total. The highest BCUT2D eigenvalue weighted by atomic mass is 16.1. The van der Waals surface area contributed by atoms with Crippen molar-refractivity contribution < 1.29 is 4.79 Å². The third-order valence-electron chi connectivity index (χ3n) is 7.61. The van der Waals surface area contributed by atoms with Crippen LogP contribution in [0, 0.1) is 23.2 Å². The van der Waals surface area contributed by atoms with E-state index in [2.05, 4.69) is 33.8 Å². The number of rotatable bonds is 3. The van der Waals surface area contributed by atoms with Crippen LogP contribution in [0.2, 0.25) is 0 Å². The number of benzene rings is 1. The molecule has 5 aliphatic rings. The number of hydrogen-bond acceptors (Lipinski definition) is 2. The lowest BCUT2D eigenvalue weighted by Gasteiger charge is -2.56. The van der Waals surface area contributed by atoms with Gasteiger partial charge in [0.2, 0.25) is 0 Å². The Morgan fingerprint density at radius 3 is 2.48 bits per heavy atom. The van der Waals surface area contributed by atoms with Crippen LogP contribution in [-0.4, -0.2) is 15.3 Å². The predicted molar refractivity (Wildman–Crippen MR) is 96.0 cm³/mol. The van der Waals surface area contributed by atoms with Gasteiger partial charge in [0, 0.05) is 17.4 Å². The standard InChI is InChI=1S/C22H24N2O/c25-21(22-9-14-5-15(10-22)7-16(6-14)11-22)8-19-17-3-1-2-4-18(17)20-12-23-13-24(19)20/h1-4,12-16,19H,5-11H2/t14-,15-,16?,19?,22?/m1/s1. The van der Waals surface area contributed by atoms with Crippen LogP contribution >= 0.6 is 0 Å². The monoisotopic (exact) mass is 332 g/mol. The third-order valence-corrected chi connectivity index (χ3v) is 7.61. The van der Waals surface area contributed by atoms with Crippen molar-refractivity contribution in [2.45, 2.75) is 51.0 Å². The summed E-state index contributed by atoms with van der Waals surface area (Å²) in [6.45, 7) is 0. The Bertz CT molecular complexity index is 829. The molecule has 3 heteroatoms. The van der Waals surface area contributed by atoms with Gasteiger partial charge in [-0.1, -0.05) is 24.3 Å². The van der Waals surface area contributed by atoms with Gasteiger partial charge >= 0.3 is 0 Å². The molecule has 4 aliphatic carbocycles. The molecule has 7 rings (SSSR count). The van der Waals surface area contributed by atoms with Crippen LogP contribution in [0.25, 0.3) is 11.3 Å². The molecule has 1 aromatic heterocycles. The van der Waals surface area contributed by atoms with E-state index in [4.69, 9.17) is 0 Å². The largest absolute Gasteiger partial charge is 0.323 e. The van der Waals surface area contributed by atoms with Gasteiger partial charge in [0.05, 0.1) is 24.3 Å². The molecule has 4 bridgehead atoms. The number of nitrogens with zero attached hydrogens (tertiary/aromatic N) is 2. The first kappa shape index (κ1) is 14.3. The molecule has 1 aliphatic heterocycles. The lowest BCUT2D eigenvalue weighted by atomic mass is 9.48. The van der Waals surface area contributed by atoms with Crippen LogP contribution in [0.3, 0.4) is 0 Å². The van der Waals surface area contributed by atoms with Crippen molar-refractivity contribution in [2.24, 2.45) is 23.2 Å². The smallest absolute Gasteiger partial charge is 0.141 e. The highest BCUT2D eigenvalue weighted by Crippen LogP contribution is 2.61. The molecule has 1 unspecified atom stereocenters. The van der Waals surface area contributed by atoms with Crippen LogP contribution in [0.5, 0.6) is 0 Å². The van der Waals surface area contributed by atoms with E-state index in [-0.39, 0.29) is 11.5 Å². The molecule has 2 heterocycles. The number of ketones is 1. The third kappa shape index (κ3) is 1.93. The average molecular weight is 332 g/mol. The summed E-state index contributed by atoms with van der Waals surface area (Å²) >= 11 is 0. The van der Waals surface area contributed by atoms with Gasteiger partial charge in [-0.3, -0.25) is 4.79 Å². The number of carbonyl (C=O) groups excluding carboxylic acids is 1. The number of Topliss-reactive ketones (excluding diaryl/α,β-unsaturated/α-hetero) is 1. The highest BCUT2D eigenvalue weighted by molar-refractivity contribution is 5.87. The van der Waals surface area contributed by atoms with E-state index in [1.165, 1.54) is 55.3 Å². The van der Waals surface area contributed by atoms with Crippen molar-refractivity contribution in [2.75, 3.05) is 0 Å². The van der Waals surface area contributed by atoms with Gasteiger partial charge in [-0.2, -0.15) is 0 Å². The number of carbonyl (C=O) groups is 1. The first-order valence-corrected chi connectivity index (χ1v) is 9.86. The molecule has 25 heavy (non-hydrogen) atoms. The Labute approximate surface area is 148 Å². The fraction of sp³-hybridized carbons (Fsp3) is 0.545. The minimum atomic E-state index is 0.00697. The quantitative estimate of drug-likeness (QED) is 0.821. The summed E-state index contributed by atoms with van der Waals surface area (Å²) in [7, 11) is 0. The topological polar surface area (TPSA) is 34.9 Å². The Morgan fingerprint density at radius 1 is 1.08 bits per heavy atom. The number of imidazole rings is 1. The molecule has 1 aromatic carbocycles. The van der Waals surface area contributed by atoms with E-state index in [1.54, 1.807) is 0 Å². The van der Waals surface area contributed by atoms with Crippen molar-refractivity contribution in [1.82, 2.24) is 9.55 Å². The van der Waals surface area contributed by atoms with Crippen molar-refractivity contribution >= 4 is 5.78 Å². The second-order valence-corrected chi connectivity index (χ2v) is 9.11. The van der Waals surface area contributed by atoms with E-state index < -0.39 is 0 Å².